The fourth-order valence-electron chi connectivity index (χ4n) is 1.74. The van der Waals surface area contributed by atoms with E-state index in [1.165, 1.54) is 18.2 Å². The first-order valence-electron chi connectivity index (χ1n) is 6.20. The van der Waals surface area contributed by atoms with Gasteiger partial charge in [-0.15, -0.1) is 0 Å². The van der Waals surface area contributed by atoms with E-state index >= 15 is 0 Å². The molecule has 2 aromatic carbocycles. The van der Waals surface area contributed by atoms with Crippen LogP contribution in [0.25, 0.3) is 0 Å². The maximum atomic E-state index is 11.8. The van der Waals surface area contributed by atoms with Gasteiger partial charge in [0.05, 0.1) is 16.7 Å². The fraction of sp³-hybridized carbons (Fsp3) is 0. The van der Waals surface area contributed by atoms with Crippen LogP contribution in [0, 0.1) is 4.91 Å². The predicted molar refractivity (Wildman–Crippen MR) is 81.4 cm³/mol. The second-order valence-corrected chi connectivity index (χ2v) is 4.79. The van der Waals surface area contributed by atoms with Gasteiger partial charge in [0.1, 0.15) is 5.75 Å². The average molecular weight is 337 g/mol. The van der Waals surface area contributed by atoms with Crippen molar-refractivity contribution in [3.8, 4) is 11.5 Å². The third-order valence-corrected chi connectivity index (χ3v) is 3.03. The van der Waals surface area contributed by atoms with Crippen molar-refractivity contribution in [2.75, 3.05) is 0 Å². The van der Waals surface area contributed by atoms with Crippen LogP contribution in [0.5, 0.6) is 11.5 Å². The van der Waals surface area contributed by atoms with Gasteiger partial charge in [-0.2, -0.15) is 5.10 Å². The number of benzene rings is 2. The van der Waals surface area contributed by atoms with Crippen molar-refractivity contribution in [3.63, 3.8) is 0 Å². The maximum Gasteiger partial charge on any atom is 0.359 e. The van der Waals surface area contributed by atoms with E-state index in [1.807, 2.05) is 0 Å². The molecule has 4 N–H and O–H groups in total. The summed E-state index contributed by atoms with van der Waals surface area (Å²) in [7, 11) is 0. The molecule has 0 radical (unpaired) electrons. The minimum Gasteiger partial charge on any atom is -0.507 e. The molecule has 0 aliphatic heterocycles. The number of nitrogens with zero attached hydrogens (tertiary/aromatic N) is 2. The van der Waals surface area contributed by atoms with Gasteiger partial charge in [-0.1, -0.05) is 23.7 Å². The highest BCUT2D eigenvalue weighted by molar-refractivity contribution is 6.31. The van der Waals surface area contributed by atoms with Crippen molar-refractivity contribution < 1.29 is 25.1 Å². The summed E-state index contributed by atoms with van der Waals surface area (Å²) in [6, 6.07) is 8.21. The second-order valence-electron chi connectivity index (χ2n) is 4.35. The molecule has 0 heterocycles. The van der Waals surface area contributed by atoms with Crippen LogP contribution in [0.15, 0.2) is 41.5 Å². The summed E-state index contributed by atoms with van der Waals surface area (Å²) < 4.78 is 0. The number of hydrazone groups is 1. The van der Waals surface area contributed by atoms with Crippen molar-refractivity contribution in [2.24, 2.45) is 5.10 Å². The highest BCUT2D eigenvalue weighted by atomic mass is 35.5. The maximum absolute atomic E-state index is 11.8. The van der Waals surface area contributed by atoms with Crippen LogP contribution in [0.1, 0.15) is 15.9 Å². The van der Waals surface area contributed by atoms with Gasteiger partial charge >= 0.3 is 5.69 Å². The summed E-state index contributed by atoms with van der Waals surface area (Å²) in [4.78, 5) is 22.2. The molecule has 0 spiro atoms. The Labute approximate surface area is 134 Å². The molecule has 0 saturated heterocycles. The summed E-state index contributed by atoms with van der Waals surface area (Å²) >= 11 is 5.75. The Bertz CT molecular complexity index is 807. The molecule has 9 heteroatoms. The van der Waals surface area contributed by atoms with E-state index in [4.69, 9.17) is 16.8 Å². The first-order valence-corrected chi connectivity index (χ1v) is 6.58. The zero-order valence-electron chi connectivity index (χ0n) is 11.5. The third kappa shape index (κ3) is 3.74. The van der Waals surface area contributed by atoms with Gasteiger partial charge in [0.15, 0.2) is 0 Å². The Kier molecular flexibility index (Phi) is 4.77. The van der Waals surface area contributed by atoms with Gasteiger partial charge in [0.25, 0.3) is 10.8 Å². The Morgan fingerprint density at radius 2 is 1.96 bits per heavy atom. The lowest BCUT2D eigenvalue weighted by molar-refractivity contribution is -0.730. The molecule has 2 aromatic rings. The number of nitrogens with one attached hydrogen (secondary N) is 1. The van der Waals surface area contributed by atoms with Gasteiger partial charge in [-0.3, -0.25) is 4.79 Å². The Morgan fingerprint density at radius 1 is 1.26 bits per heavy atom. The number of carbonyl (C=O) groups is 1. The van der Waals surface area contributed by atoms with E-state index in [0.717, 1.165) is 12.3 Å². The van der Waals surface area contributed by atoms with Gasteiger partial charge < -0.3 is 10.2 Å². The summed E-state index contributed by atoms with van der Waals surface area (Å²) in [5.74, 6) is -1.45. The molecule has 0 fully saturated rings. The number of aromatic hydroxyl groups is 2. The summed E-state index contributed by atoms with van der Waals surface area (Å²) in [6.07, 6.45) is 1.03. The predicted octanol–water partition coefficient (Wildman–Crippen LogP) is 2.31. The number of rotatable bonds is 4. The average Bonchev–Trinajstić information content (AvgIpc) is 2.50. The summed E-state index contributed by atoms with van der Waals surface area (Å²) in [5.41, 5.74) is 1.69. The van der Waals surface area contributed by atoms with Crippen LogP contribution in [-0.4, -0.2) is 32.5 Å². The quantitative estimate of drug-likeness (QED) is 0.504. The first kappa shape index (κ1) is 16.2. The smallest absolute Gasteiger partial charge is 0.359 e. The van der Waals surface area contributed by atoms with Crippen molar-refractivity contribution in [3.05, 3.63) is 57.5 Å². The molecule has 0 saturated carbocycles. The lowest BCUT2D eigenvalue weighted by atomic mass is 10.2. The van der Waals surface area contributed by atoms with E-state index in [9.17, 15) is 19.9 Å². The molecular formula is C14H11ClN3O5+. The first-order chi connectivity index (χ1) is 10.9. The molecule has 0 atom stereocenters. The molecule has 0 bridgehead atoms. The number of halogens is 1. The Hall–Kier alpha value is -3.13. The molecule has 8 nitrogen and oxygen atoms in total. The second kappa shape index (κ2) is 6.75. The number of para-hydroxylation sites is 1. The van der Waals surface area contributed by atoms with Crippen LogP contribution in [0.4, 0.5) is 5.69 Å². The lowest BCUT2D eigenvalue weighted by Crippen LogP contribution is -2.17. The van der Waals surface area contributed by atoms with E-state index in [0.29, 0.717) is 0 Å². The van der Waals surface area contributed by atoms with Gasteiger partial charge in [0.2, 0.25) is 5.75 Å². The van der Waals surface area contributed by atoms with Crippen molar-refractivity contribution in [2.45, 2.75) is 0 Å². The molecule has 1 amide bonds. The molecule has 0 aliphatic carbocycles. The number of carbonyl (C=O) groups excluding carboxylic acids is 1. The molecule has 118 valence electrons. The number of phenolic OH excluding ortho intramolecular Hbond substituents is 2. The Morgan fingerprint density at radius 3 is 2.61 bits per heavy atom. The minimum absolute atomic E-state index is 0.0000152. The van der Waals surface area contributed by atoms with Crippen LogP contribution in [0.2, 0.25) is 5.02 Å². The summed E-state index contributed by atoms with van der Waals surface area (Å²) in [5, 5.41) is 31.9. The van der Waals surface area contributed by atoms with Gasteiger partial charge in [-0.05, 0) is 18.2 Å². The fourth-order valence-corrected chi connectivity index (χ4v) is 1.96. The highest BCUT2D eigenvalue weighted by Crippen LogP contribution is 2.31. The van der Waals surface area contributed by atoms with Crippen LogP contribution in [-0.2, 0) is 0 Å². The van der Waals surface area contributed by atoms with E-state index in [2.05, 4.69) is 10.5 Å². The zero-order chi connectivity index (χ0) is 17.0. The molecule has 0 aromatic heterocycles. The van der Waals surface area contributed by atoms with Crippen LogP contribution < -0.4 is 5.43 Å². The highest BCUT2D eigenvalue weighted by Gasteiger charge is 2.22. The largest absolute Gasteiger partial charge is 0.507 e. The monoisotopic (exact) mass is 336 g/mol. The van der Waals surface area contributed by atoms with Gasteiger partial charge in [-0.25, -0.2) is 10.6 Å². The van der Waals surface area contributed by atoms with Crippen molar-refractivity contribution in [1.29, 1.82) is 0 Å². The molecular weight excluding hydrogens is 326 g/mol. The molecule has 0 unspecified atom stereocenters. The SMILES string of the molecule is O=C(N/N=C/c1cc(Cl)cc([N+](=O)O)c1O)c1ccccc1O. The zero-order valence-corrected chi connectivity index (χ0v) is 12.2. The van der Waals surface area contributed by atoms with Crippen LogP contribution >= 0.6 is 11.6 Å². The normalized spacial score (nSPS) is 10.7. The standard InChI is InChI=1S/C14H10ClN3O5/c15-9-5-8(13(20)11(6-9)18(22)23)7-16-17-14(21)10-3-1-2-4-12(10)19/h1-7H,(H3-,16,17,19,20,21,22,23)/p+1. The number of phenols is 2. The molecule has 2 rings (SSSR count). The Balaban J connectivity index is 2.20. The third-order valence-electron chi connectivity index (χ3n) is 2.81. The van der Waals surface area contributed by atoms with Gasteiger partial charge in [0, 0.05) is 16.7 Å². The van der Waals surface area contributed by atoms with Crippen molar-refractivity contribution in [1.82, 2.24) is 5.43 Å². The minimum atomic E-state index is -0.672. The van der Waals surface area contributed by atoms with E-state index in [1.54, 1.807) is 12.1 Å². The summed E-state index contributed by atoms with van der Waals surface area (Å²) in [6.45, 7) is 0. The number of hydrogen-bond donors (Lipinski definition) is 4. The van der Waals surface area contributed by atoms with Crippen molar-refractivity contribution >= 4 is 29.4 Å². The van der Waals surface area contributed by atoms with E-state index in [-0.39, 0.29) is 21.9 Å². The topological polar surface area (TPSA) is 122 Å². The molecule has 23 heavy (non-hydrogen) atoms. The number of amides is 1. The number of hydrogen-bond acceptors (Lipinski definition) is 5. The van der Waals surface area contributed by atoms with Crippen LogP contribution in [0.3, 0.4) is 0 Å². The lowest BCUT2D eigenvalue weighted by Gasteiger charge is -2.02. The molecule has 0 aliphatic rings. The van der Waals surface area contributed by atoms with E-state index < -0.39 is 22.3 Å².